The Morgan fingerprint density at radius 3 is 2.77 bits per heavy atom. The van der Waals surface area contributed by atoms with Crippen molar-refractivity contribution in [1.29, 1.82) is 0 Å². The van der Waals surface area contributed by atoms with Crippen LogP contribution in [0.4, 0.5) is 0 Å². The van der Waals surface area contributed by atoms with Gasteiger partial charge < -0.3 is 16.0 Å². The first-order valence-corrected chi connectivity index (χ1v) is 10.7. The first-order chi connectivity index (χ1) is 14.7. The molecule has 0 aliphatic carbocycles. The Hall–Kier alpha value is -2.77. The minimum atomic E-state index is -0.114. The molecule has 30 heavy (non-hydrogen) atoms. The fourth-order valence-electron chi connectivity index (χ4n) is 4.33. The zero-order valence-electron chi connectivity index (χ0n) is 17.1. The van der Waals surface area contributed by atoms with E-state index in [4.69, 9.17) is 0 Å². The molecule has 3 N–H and O–H groups in total. The molecule has 2 aliphatic rings. The summed E-state index contributed by atoms with van der Waals surface area (Å²) in [5.41, 5.74) is 2.09. The van der Waals surface area contributed by atoms with E-state index in [9.17, 15) is 9.59 Å². The third-order valence-corrected chi connectivity index (χ3v) is 5.96. The van der Waals surface area contributed by atoms with Crippen molar-refractivity contribution >= 4 is 11.8 Å². The third kappa shape index (κ3) is 5.23. The Kier molecular flexibility index (Phi) is 6.71. The summed E-state index contributed by atoms with van der Waals surface area (Å²) in [6, 6.07) is 16.1. The average Bonchev–Trinajstić information content (AvgIpc) is 3.23. The number of pyridine rings is 1. The Labute approximate surface area is 177 Å². The maximum Gasteiger partial charge on any atom is 0.237 e. The Balaban J connectivity index is 1.25. The third-order valence-electron chi connectivity index (χ3n) is 5.96. The summed E-state index contributed by atoms with van der Waals surface area (Å²) < 4.78 is 0. The van der Waals surface area contributed by atoms with Crippen LogP contribution in [0.2, 0.25) is 0 Å². The van der Waals surface area contributed by atoms with Gasteiger partial charge in [-0.25, -0.2) is 0 Å². The molecule has 7 heteroatoms. The standard InChI is InChI=1S/C23H29N5O2/c29-22(26-13-17-6-2-1-3-7-17)10-9-20-15-27-23(30)21-12-19(16-28(20)21)25-14-18-8-4-5-11-24-18/h1-8,11,19-21,25H,9-10,12-16H2,(H,26,29)(H,27,30)/t19-,20+,21-/m0/s1. The predicted octanol–water partition coefficient (Wildman–Crippen LogP) is 1.21. The van der Waals surface area contributed by atoms with Crippen molar-refractivity contribution in [2.75, 3.05) is 13.1 Å². The lowest BCUT2D eigenvalue weighted by atomic mass is 10.0. The molecule has 7 nitrogen and oxygen atoms in total. The number of benzene rings is 1. The van der Waals surface area contributed by atoms with Crippen LogP contribution < -0.4 is 16.0 Å². The van der Waals surface area contributed by atoms with Crippen LogP contribution in [0, 0.1) is 0 Å². The lowest BCUT2D eigenvalue weighted by Crippen LogP contribution is -2.58. The van der Waals surface area contributed by atoms with Crippen LogP contribution in [-0.4, -0.2) is 52.9 Å². The van der Waals surface area contributed by atoms with Gasteiger partial charge in [0.15, 0.2) is 0 Å². The SMILES string of the molecule is O=C(CC[C@@H]1CNC(=O)[C@@H]2C[C@H](NCc3ccccn3)CN12)NCc1ccccc1. The van der Waals surface area contributed by atoms with Crippen LogP contribution in [0.3, 0.4) is 0 Å². The Bertz CT molecular complexity index is 845. The number of amides is 2. The van der Waals surface area contributed by atoms with Crippen LogP contribution >= 0.6 is 0 Å². The first kappa shape index (κ1) is 20.5. The van der Waals surface area contributed by atoms with E-state index in [0.29, 0.717) is 26.1 Å². The molecule has 2 amide bonds. The fourth-order valence-corrected chi connectivity index (χ4v) is 4.33. The summed E-state index contributed by atoms with van der Waals surface area (Å²) in [6.07, 6.45) is 3.78. The molecule has 2 aromatic rings. The van der Waals surface area contributed by atoms with Gasteiger partial charge in [0.2, 0.25) is 11.8 Å². The van der Waals surface area contributed by atoms with Crippen LogP contribution in [0.1, 0.15) is 30.5 Å². The van der Waals surface area contributed by atoms with Crippen LogP contribution in [0.25, 0.3) is 0 Å². The molecule has 3 atom stereocenters. The van der Waals surface area contributed by atoms with Gasteiger partial charge in [-0.3, -0.25) is 19.5 Å². The molecule has 1 aromatic carbocycles. The molecule has 4 rings (SSSR count). The highest BCUT2D eigenvalue weighted by atomic mass is 16.2. The summed E-state index contributed by atoms with van der Waals surface area (Å²) >= 11 is 0. The maximum absolute atomic E-state index is 12.4. The topological polar surface area (TPSA) is 86.4 Å². The van der Waals surface area contributed by atoms with Crippen molar-refractivity contribution in [2.45, 2.75) is 50.5 Å². The highest BCUT2D eigenvalue weighted by Crippen LogP contribution is 2.26. The van der Waals surface area contributed by atoms with Crippen molar-refractivity contribution in [2.24, 2.45) is 0 Å². The minimum absolute atomic E-state index is 0.0522. The van der Waals surface area contributed by atoms with Gasteiger partial charge in [-0.05, 0) is 30.5 Å². The second kappa shape index (κ2) is 9.82. The van der Waals surface area contributed by atoms with E-state index in [1.807, 2.05) is 48.5 Å². The average molecular weight is 408 g/mol. The first-order valence-electron chi connectivity index (χ1n) is 10.7. The lowest BCUT2D eigenvalue weighted by molar-refractivity contribution is -0.129. The zero-order valence-corrected chi connectivity index (χ0v) is 17.1. The molecule has 2 aliphatic heterocycles. The summed E-state index contributed by atoms with van der Waals surface area (Å²) in [4.78, 5) is 31.3. The summed E-state index contributed by atoms with van der Waals surface area (Å²) in [6.45, 7) is 2.67. The van der Waals surface area contributed by atoms with Gasteiger partial charge in [0.05, 0.1) is 11.7 Å². The number of piperazine rings is 1. The molecule has 3 heterocycles. The van der Waals surface area contributed by atoms with Crippen molar-refractivity contribution in [3.63, 3.8) is 0 Å². The molecule has 0 saturated carbocycles. The smallest absolute Gasteiger partial charge is 0.237 e. The monoisotopic (exact) mass is 407 g/mol. The summed E-state index contributed by atoms with van der Waals surface area (Å²) in [7, 11) is 0. The van der Waals surface area contributed by atoms with Gasteiger partial charge in [-0.2, -0.15) is 0 Å². The summed E-state index contributed by atoms with van der Waals surface area (Å²) in [5.74, 6) is 0.151. The number of nitrogens with one attached hydrogen (secondary N) is 3. The lowest BCUT2D eigenvalue weighted by Gasteiger charge is -2.37. The molecule has 0 radical (unpaired) electrons. The number of carbonyl (C=O) groups is 2. The van der Waals surface area contributed by atoms with E-state index in [1.54, 1.807) is 6.20 Å². The van der Waals surface area contributed by atoms with Crippen LogP contribution in [-0.2, 0) is 22.7 Å². The van der Waals surface area contributed by atoms with Crippen LogP contribution in [0.5, 0.6) is 0 Å². The molecule has 0 spiro atoms. The summed E-state index contributed by atoms with van der Waals surface area (Å²) in [5, 5.41) is 9.55. The fraction of sp³-hybridized carbons (Fsp3) is 0.435. The van der Waals surface area contributed by atoms with E-state index in [-0.39, 0.29) is 29.9 Å². The van der Waals surface area contributed by atoms with Crippen molar-refractivity contribution in [3.8, 4) is 0 Å². The van der Waals surface area contributed by atoms with Gasteiger partial charge >= 0.3 is 0 Å². The number of hydrogen-bond acceptors (Lipinski definition) is 5. The highest BCUT2D eigenvalue weighted by molar-refractivity contribution is 5.83. The largest absolute Gasteiger partial charge is 0.353 e. The maximum atomic E-state index is 12.4. The van der Waals surface area contributed by atoms with Crippen molar-refractivity contribution in [1.82, 2.24) is 25.8 Å². The second-order valence-electron chi connectivity index (χ2n) is 8.05. The Morgan fingerprint density at radius 2 is 1.97 bits per heavy atom. The molecule has 0 unspecified atom stereocenters. The second-order valence-corrected chi connectivity index (χ2v) is 8.05. The number of fused-ring (bicyclic) bond motifs is 1. The molecular weight excluding hydrogens is 378 g/mol. The van der Waals surface area contributed by atoms with Gasteiger partial charge in [0.1, 0.15) is 0 Å². The number of aromatic nitrogens is 1. The quantitative estimate of drug-likeness (QED) is 0.612. The molecule has 158 valence electrons. The van der Waals surface area contributed by atoms with E-state index in [2.05, 4.69) is 25.8 Å². The predicted molar refractivity (Wildman–Crippen MR) is 114 cm³/mol. The van der Waals surface area contributed by atoms with Crippen molar-refractivity contribution in [3.05, 3.63) is 66.0 Å². The van der Waals surface area contributed by atoms with E-state index in [0.717, 1.165) is 30.6 Å². The zero-order chi connectivity index (χ0) is 20.8. The number of hydrogen-bond donors (Lipinski definition) is 3. The molecule has 1 aromatic heterocycles. The van der Waals surface area contributed by atoms with Gasteiger partial charge in [0, 0.05) is 50.9 Å². The molecule has 2 saturated heterocycles. The highest BCUT2D eigenvalue weighted by Gasteiger charge is 2.43. The van der Waals surface area contributed by atoms with E-state index < -0.39 is 0 Å². The van der Waals surface area contributed by atoms with E-state index in [1.165, 1.54) is 0 Å². The van der Waals surface area contributed by atoms with Gasteiger partial charge in [-0.1, -0.05) is 36.4 Å². The molecule has 2 fully saturated rings. The van der Waals surface area contributed by atoms with Crippen molar-refractivity contribution < 1.29 is 9.59 Å². The van der Waals surface area contributed by atoms with Gasteiger partial charge in [0.25, 0.3) is 0 Å². The van der Waals surface area contributed by atoms with Crippen LogP contribution in [0.15, 0.2) is 54.7 Å². The normalized spacial score (nSPS) is 23.6. The minimum Gasteiger partial charge on any atom is -0.353 e. The Morgan fingerprint density at radius 1 is 1.13 bits per heavy atom. The van der Waals surface area contributed by atoms with Gasteiger partial charge in [-0.15, -0.1) is 0 Å². The number of carbonyl (C=O) groups excluding carboxylic acids is 2. The number of nitrogens with zero attached hydrogens (tertiary/aromatic N) is 2. The molecular formula is C23H29N5O2. The molecule has 0 bridgehead atoms. The number of rotatable bonds is 8. The van der Waals surface area contributed by atoms with E-state index >= 15 is 0 Å².